The molecule has 2 aliphatic rings. The van der Waals surface area contributed by atoms with Crippen LogP contribution in [-0.4, -0.2) is 19.1 Å². The van der Waals surface area contributed by atoms with Crippen molar-refractivity contribution in [2.45, 2.75) is 19.3 Å². The molecular weight excluding hydrogens is 717 g/mol. The van der Waals surface area contributed by atoms with Gasteiger partial charge in [0.1, 0.15) is 11.6 Å². The fraction of sp³-hybridized carbons (Fsp3) is 0.0545. The average Bonchev–Trinajstić information content (AvgIpc) is 3.99. The molecule has 0 N–H and O–H groups in total. The Morgan fingerprint density at radius 3 is 1.34 bits per heavy atom. The summed E-state index contributed by atoms with van der Waals surface area (Å²) >= 11 is 0. The van der Waals surface area contributed by atoms with Crippen LogP contribution in [0.3, 0.4) is 0 Å². The number of hydrogen-bond donors (Lipinski definition) is 0. The molecule has 0 saturated carbocycles. The quantitative estimate of drug-likeness (QED) is 0.169. The van der Waals surface area contributed by atoms with Gasteiger partial charge in [0.05, 0.1) is 38.9 Å². The van der Waals surface area contributed by atoms with Gasteiger partial charge in [-0.05, 0) is 123 Å². The number of hydrogen-bond acceptors (Lipinski definition) is 2. The van der Waals surface area contributed by atoms with E-state index in [0.29, 0.717) is 0 Å². The maximum atomic E-state index is 5.04. The van der Waals surface area contributed by atoms with Crippen molar-refractivity contribution in [1.82, 2.24) is 19.1 Å². The molecule has 0 fully saturated rings. The van der Waals surface area contributed by atoms with Gasteiger partial charge in [-0.1, -0.05) is 140 Å². The summed E-state index contributed by atoms with van der Waals surface area (Å²) in [4.78, 5) is 10.1. The number of aromatic nitrogens is 4. The second kappa shape index (κ2) is 11.7. The van der Waals surface area contributed by atoms with Crippen molar-refractivity contribution in [2.24, 2.45) is 0 Å². The molecule has 0 radical (unpaired) electrons. The van der Waals surface area contributed by atoms with E-state index in [0.717, 1.165) is 45.1 Å². The number of aryl methyl sites for hydroxylation is 2. The largest absolute Gasteiger partial charge is 0.296 e. The first-order chi connectivity index (χ1) is 29.1. The third kappa shape index (κ3) is 4.12. The standard InChI is InChI=1S/C55H36N4/c1-33-56-47-26-9-11-28-51(47)58(33)49-30-14-19-37-41(49)32-42-38(20-15-31-50(42)59-34(2)57-48-27-10-12-29-52(48)59)53(37)40-21-13-25-46-54(40)39-18-5-8-24-45(39)55(46)43-22-6-3-16-35(43)36-17-4-7-23-44(36)55/h3-32H,1-2H3. The number of benzene rings is 9. The Bertz CT molecular complexity index is 3420. The van der Waals surface area contributed by atoms with E-state index in [1.807, 2.05) is 0 Å². The maximum absolute atomic E-state index is 5.04. The summed E-state index contributed by atoms with van der Waals surface area (Å²) in [6.07, 6.45) is 0. The minimum Gasteiger partial charge on any atom is -0.296 e. The van der Waals surface area contributed by atoms with Crippen molar-refractivity contribution < 1.29 is 0 Å². The highest BCUT2D eigenvalue weighted by atomic mass is 15.1. The fourth-order valence-electron chi connectivity index (χ4n) is 11.1. The highest BCUT2D eigenvalue weighted by molar-refractivity contribution is 6.19. The molecule has 2 aliphatic carbocycles. The van der Waals surface area contributed by atoms with Gasteiger partial charge in [0.25, 0.3) is 0 Å². The van der Waals surface area contributed by atoms with Crippen LogP contribution in [0.4, 0.5) is 0 Å². The van der Waals surface area contributed by atoms with Gasteiger partial charge in [-0.25, -0.2) is 9.97 Å². The number of fused-ring (bicyclic) bond motifs is 14. The van der Waals surface area contributed by atoms with Crippen LogP contribution in [0, 0.1) is 13.8 Å². The summed E-state index contributed by atoms with van der Waals surface area (Å²) in [5.41, 5.74) is 19.0. The van der Waals surface area contributed by atoms with Gasteiger partial charge in [-0.2, -0.15) is 0 Å². The number of nitrogens with zero attached hydrogens (tertiary/aromatic N) is 4. The first-order valence-corrected chi connectivity index (χ1v) is 20.4. The molecule has 0 bridgehead atoms. The first kappa shape index (κ1) is 32.5. The highest BCUT2D eigenvalue weighted by Gasteiger charge is 2.52. The van der Waals surface area contributed by atoms with Crippen LogP contribution in [0.5, 0.6) is 0 Å². The minimum atomic E-state index is -0.439. The van der Waals surface area contributed by atoms with E-state index in [9.17, 15) is 0 Å². The lowest BCUT2D eigenvalue weighted by atomic mass is 9.70. The molecule has 276 valence electrons. The Hall–Kier alpha value is -7.56. The molecule has 11 aromatic rings. The molecule has 0 saturated heterocycles. The van der Waals surface area contributed by atoms with Gasteiger partial charge in [-0.3, -0.25) is 9.13 Å². The lowest BCUT2D eigenvalue weighted by molar-refractivity contribution is 0.794. The van der Waals surface area contributed by atoms with Gasteiger partial charge in [-0.15, -0.1) is 0 Å². The SMILES string of the molecule is Cc1nc2ccccc2n1-c1cccc2c(-c3cccc4c3-c3ccccc3C43c4ccccc4-c4ccccc43)c3cccc(-n4c(C)nc5ccccc54)c3cc12. The van der Waals surface area contributed by atoms with Crippen LogP contribution in [0.25, 0.3) is 88.4 Å². The molecule has 2 heterocycles. The van der Waals surface area contributed by atoms with Crippen molar-refractivity contribution in [1.29, 1.82) is 0 Å². The lowest BCUT2D eigenvalue weighted by Crippen LogP contribution is -2.25. The van der Waals surface area contributed by atoms with Gasteiger partial charge in [0.15, 0.2) is 0 Å². The van der Waals surface area contributed by atoms with E-state index in [1.54, 1.807) is 0 Å². The molecule has 59 heavy (non-hydrogen) atoms. The van der Waals surface area contributed by atoms with E-state index in [4.69, 9.17) is 9.97 Å². The van der Waals surface area contributed by atoms with E-state index < -0.39 is 5.41 Å². The van der Waals surface area contributed by atoms with Gasteiger partial charge in [0, 0.05) is 10.8 Å². The number of para-hydroxylation sites is 4. The van der Waals surface area contributed by atoms with Crippen LogP contribution in [0.1, 0.15) is 33.9 Å². The molecule has 0 unspecified atom stereocenters. The van der Waals surface area contributed by atoms with E-state index >= 15 is 0 Å². The molecule has 13 rings (SSSR count). The Morgan fingerprint density at radius 1 is 0.356 bits per heavy atom. The monoisotopic (exact) mass is 752 g/mol. The van der Waals surface area contributed by atoms with Crippen molar-refractivity contribution in [3.05, 3.63) is 216 Å². The summed E-state index contributed by atoms with van der Waals surface area (Å²) < 4.78 is 4.67. The van der Waals surface area contributed by atoms with E-state index in [-0.39, 0.29) is 0 Å². The van der Waals surface area contributed by atoms with E-state index in [1.165, 1.54) is 77.2 Å². The van der Waals surface area contributed by atoms with Crippen LogP contribution in [0.15, 0.2) is 182 Å². The topological polar surface area (TPSA) is 35.6 Å². The molecule has 1 spiro atoms. The fourth-order valence-corrected chi connectivity index (χ4v) is 11.1. The summed E-state index contributed by atoms with van der Waals surface area (Å²) in [5.74, 6) is 1.92. The van der Waals surface area contributed by atoms with E-state index in [2.05, 4.69) is 205 Å². The average molecular weight is 753 g/mol. The lowest BCUT2D eigenvalue weighted by Gasteiger charge is -2.30. The number of imidazole rings is 2. The molecular formula is C55H36N4. The Kier molecular flexibility index (Phi) is 6.48. The van der Waals surface area contributed by atoms with Gasteiger partial charge < -0.3 is 0 Å². The van der Waals surface area contributed by atoms with Crippen LogP contribution in [0.2, 0.25) is 0 Å². The predicted octanol–water partition coefficient (Wildman–Crippen LogP) is 13.3. The Morgan fingerprint density at radius 2 is 0.780 bits per heavy atom. The molecule has 2 aromatic heterocycles. The van der Waals surface area contributed by atoms with Crippen molar-refractivity contribution in [2.75, 3.05) is 0 Å². The van der Waals surface area contributed by atoms with Crippen molar-refractivity contribution in [3.63, 3.8) is 0 Å². The van der Waals surface area contributed by atoms with Gasteiger partial charge in [0.2, 0.25) is 0 Å². The van der Waals surface area contributed by atoms with Crippen LogP contribution < -0.4 is 0 Å². The Labute approximate surface area is 341 Å². The van der Waals surface area contributed by atoms with Crippen molar-refractivity contribution >= 4 is 43.6 Å². The third-order valence-corrected chi connectivity index (χ3v) is 13.2. The Balaban J connectivity index is 1.20. The minimum absolute atomic E-state index is 0.439. The molecule has 4 nitrogen and oxygen atoms in total. The second-order valence-electron chi connectivity index (χ2n) is 16.1. The zero-order valence-corrected chi connectivity index (χ0v) is 32.6. The zero-order chi connectivity index (χ0) is 39.0. The molecule has 0 atom stereocenters. The van der Waals surface area contributed by atoms with Gasteiger partial charge >= 0.3 is 0 Å². The zero-order valence-electron chi connectivity index (χ0n) is 32.6. The smallest absolute Gasteiger partial charge is 0.111 e. The molecule has 0 aliphatic heterocycles. The predicted molar refractivity (Wildman–Crippen MR) is 242 cm³/mol. The first-order valence-electron chi connectivity index (χ1n) is 20.4. The molecule has 0 amide bonds. The maximum Gasteiger partial charge on any atom is 0.111 e. The van der Waals surface area contributed by atoms with Crippen molar-refractivity contribution in [3.8, 4) is 44.8 Å². The van der Waals surface area contributed by atoms with Crippen LogP contribution >= 0.6 is 0 Å². The summed E-state index contributed by atoms with van der Waals surface area (Å²) in [5, 5.41) is 4.75. The summed E-state index contributed by atoms with van der Waals surface area (Å²) in [6, 6.07) is 67.3. The summed E-state index contributed by atoms with van der Waals surface area (Å²) in [6.45, 7) is 4.23. The molecule has 4 heteroatoms. The van der Waals surface area contributed by atoms with Crippen LogP contribution in [-0.2, 0) is 5.41 Å². The summed E-state index contributed by atoms with van der Waals surface area (Å²) in [7, 11) is 0. The normalized spacial score (nSPS) is 13.4. The third-order valence-electron chi connectivity index (χ3n) is 13.2. The molecule has 9 aromatic carbocycles. The number of rotatable bonds is 3. The highest BCUT2D eigenvalue weighted by Crippen LogP contribution is 2.64. The second-order valence-corrected chi connectivity index (χ2v) is 16.1.